The van der Waals surface area contributed by atoms with Gasteiger partial charge < -0.3 is 23.9 Å². The minimum Gasteiger partial charge on any atom is -0.497 e. The van der Waals surface area contributed by atoms with Crippen LogP contribution in [0.4, 0.5) is 5.00 Å². The number of hydrogen-bond donors (Lipinski definition) is 1. The van der Waals surface area contributed by atoms with Gasteiger partial charge in [0.05, 0.1) is 18.7 Å². The molecule has 0 bridgehead atoms. The second-order valence-corrected chi connectivity index (χ2v) is 8.46. The Morgan fingerprint density at radius 3 is 2.59 bits per heavy atom. The molecule has 0 saturated heterocycles. The quantitative estimate of drug-likeness (QED) is 0.358. The molecular formula is C24H25NO8S. The van der Waals surface area contributed by atoms with Crippen molar-refractivity contribution in [2.24, 2.45) is 0 Å². The lowest BCUT2D eigenvalue weighted by molar-refractivity contribution is -0.147. The van der Waals surface area contributed by atoms with Crippen LogP contribution in [0.5, 0.6) is 5.75 Å². The lowest BCUT2D eigenvalue weighted by atomic mass is 10.0. The maximum absolute atomic E-state index is 12.4. The van der Waals surface area contributed by atoms with Gasteiger partial charge in [-0.05, 0) is 56.5 Å². The van der Waals surface area contributed by atoms with E-state index in [0.29, 0.717) is 37.9 Å². The van der Waals surface area contributed by atoms with E-state index in [1.54, 1.807) is 45.0 Å². The van der Waals surface area contributed by atoms with Gasteiger partial charge in [-0.1, -0.05) is 0 Å². The Balaban J connectivity index is 1.55. The van der Waals surface area contributed by atoms with Gasteiger partial charge in [0.25, 0.3) is 5.91 Å². The molecular weight excluding hydrogens is 462 g/mol. The first-order valence-corrected chi connectivity index (χ1v) is 11.4. The zero-order valence-corrected chi connectivity index (χ0v) is 20.1. The first kappa shape index (κ1) is 25.0. The highest BCUT2D eigenvalue weighted by atomic mass is 32.1. The van der Waals surface area contributed by atoms with Crippen LogP contribution < -0.4 is 15.7 Å². The molecule has 0 radical (unpaired) electrons. The fourth-order valence-corrected chi connectivity index (χ4v) is 4.33. The molecule has 0 unspecified atom stereocenters. The molecule has 1 amide bonds. The lowest BCUT2D eigenvalue weighted by Gasteiger charge is -2.09. The van der Waals surface area contributed by atoms with Gasteiger partial charge in [-0.15, -0.1) is 11.3 Å². The molecule has 0 aliphatic carbocycles. The van der Waals surface area contributed by atoms with Crippen LogP contribution >= 0.6 is 11.3 Å². The average Bonchev–Trinajstić information content (AvgIpc) is 3.17. The summed E-state index contributed by atoms with van der Waals surface area (Å²) in [5.74, 6) is -1.05. The molecule has 10 heteroatoms. The highest BCUT2D eigenvalue weighted by Gasteiger charge is 2.17. The third kappa shape index (κ3) is 5.82. The zero-order chi connectivity index (χ0) is 24.8. The van der Waals surface area contributed by atoms with Crippen molar-refractivity contribution < 1.29 is 33.0 Å². The van der Waals surface area contributed by atoms with Gasteiger partial charge in [0.1, 0.15) is 16.2 Å². The smallest absolute Gasteiger partial charge is 0.348 e. The summed E-state index contributed by atoms with van der Waals surface area (Å²) in [6.45, 7) is 5.00. The standard InChI is InChI=1S/C24H25NO8S/c1-5-31-24(29)22-13(2)10-20(34-22)25-19(26)12-32-21(27)9-8-17-14(3)16-7-6-15(30-4)11-18(16)33-23(17)28/h6-7,10-11H,5,8-9,12H2,1-4H3,(H,25,26). The van der Waals surface area contributed by atoms with Crippen molar-refractivity contribution in [1.29, 1.82) is 0 Å². The largest absolute Gasteiger partial charge is 0.497 e. The first-order chi connectivity index (χ1) is 16.2. The van der Waals surface area contributed by atoms with Crippen LogP contribution in [0.2, 0.25) is 0 Å². The van der Waals surface area contributed by atoms with Gasteiger partial charge >= 0.3 is 17.6 Å². The molecule has 3 rings (SSSR count). The number of benzene rings is 1. The number of thiophene rings is 1. The Morgan fingerprint density at radius 1 is 1.12 bits per heavy atom. The number of hydrogen-bond acceptors (Lipinski definition) is 9. The van der Waals surface area contributed by atoms with E-state index in [2.05, 4.69) is 5.32 Å². The fourth-order valence-electron chi connectivity index (χ4n) is 3.35. The van der Waals surface area contributed by atoms with Crippen LogP contribution in [0.3, 0.4) is 0 Å². The SMILES string of the molecule is CCOC(=O)c1sc(NC(=O)COC(=O)CCc2c(C)c3ccc(OC)cc3oc2=O)cc1C. The number of methoxy groups -OCH3 is 1. The van der Waals surface area contributed by atoms with Gasteiger partial charge in [-0.25, -0.2) is 9.59 Å². The second-order valence-electron chi connectivity index (χ2n) is 7.41. The number of nitrogens with one attached hydrogen (secondary N) is 1. The molecule has 3 aromatic rings. The van der Waals surface area contributed by atoms with Gasteiger partial charge in [-0.3, -0.25) is 9.59 Å². The predicted octanol–water partition coefficient (Wildman–Crippen LogP) is 3.77. The number of aryl methyl sites for hydroxylation is 2. The molecule has 0 atom stereocenters. The maximum atomic E-state index is 12.4. The molecule has 0 spiro atoms. The van der Waals surface area contributed by atoms with E-state index in [1.165, 1.54) is 7.11 Å². The molecule has 0 fully saturated rings. The van der Waals surface area contributed by atoms with Crippen molar-refractivity contribution in [3.05, 3.63) is 56.3 Å². The first-order valence-electron chi connectivity index (χ1n) is 10.6. The van der Waals surface area contributed by atoms with Gasteiger partial charge in [0.15, 0.2) is 6.61 Å². The maximum Gasteiger partial charge on any atom is 0.348 e. The molecule has 2 heterocycles. The summed E-state index contributed by atoms with van der Waals surface area (Å²) in [6.07, 6.45) is 0.0231. The summed E-state index contributed by atoms with van der Waals surface area (Å²) in [7, 11) is 1.52. The number of rotatable bonds is 9. The van der Waals surface area contributed by atoms with Crippen molar-refractivity contribution >= 4 is 45.2 Å². The molecule has 0 aliphatic heterocycles. The van der Waals surface area contributed by atoms with E-state index in [-0.39, 0.29) is 19.4 Å². The van der Waals surface area contributed by atoms with Crippen molar-refractivity contribution in [3.63, 3.8) is 0 Å². The highest BCUT2D eigenvalue weighted by Crippen LogP contribution is 2.27. The lowest BCUT2D eigenvalue weighted by Crippen LogP contribution is -2.21. The molecule has 9 nitrogen and oxygen atoms in total. The van der Waals surface area contributed by atoms with Crippen molar-refractivity contribution in [1.82, 2.24) is 0 Å². The van der Waals surface area contributed by atoms with Crippen LogP contribution in [0.25, 0.3) is 11.0 Å². The zero-order valence-electron chi connectivity index (χ0n) is 19.3. The van der Waals surface area contributed by atoms with Crippen LogP contribution in [-0.4, -0.2) is 38.2 Å². The Kier molecular flexibility index (Phi) is 8.06. The molecule has 1 N–H and O–H groups in total. The molecule has 2 aromatic heterocycles. The average molecular weight is 488 g/mol. The number of anilines is 1. The van der Waals surface area contributed by atoms with Gasteiger partial charge in [-0.2, -0.15) is 0 Å². The summed E-state index contributed by atoms with van der Waals surface area (Å²) in [6, 6.07) is 6.83. The number of fused-ring (bicyclic) bond motifs is 1. The van der Waals surface area contributed by atoms with Crippen molar-refractivity contribution in [2.75, 3.05) is 25.6 Å². The molecule has 180 valence electrons. The number of carbonyl (C=O) groups is 3. The van der Waals surface area contributed by atoms with Crippen LogP contribution in [0.15, 0.2) is 33.5 Å². The minimum atomic E-state index is -0.627. The summed E-state index contributed by atoms with van der Waals surface area (Å²) >= 11 is 1.08. The number of carbonyl (C=O) groups excluding carboxylic acids is 3. The normalized spacial score (nSPS) is 10.7. The van der Waals surface area contributed by atoms with Gasteiger partial charge in [0, 0.05) is 23.4 Å². The van der Waals surface area contributed by atoms with E-state index in [0.717, 1.165) is 16.7 Å². The third-order valence-corrected chi connectivity index (χ3v) is 6.21. The summed E-state index contributed by atoms with van der Waals surface area (Å²) in [5, 5.41) is 3.79. The Bertz CT molecular complexity index is 1290. The topological polar surface area (TPSA) is 121 Å². The number of amides is 1. The molecule has 0 saturated carbocycles. The van der Waals surface area contributed by atoms with Crippen LogP contribution in [0.1, 0.15) is 39.7 Å². The van der Waals surface area contributed by atoms with Crippen LogP contribution in [-0.2, 0) is 25.5 Å². The molecule has 0 aliphatic rings. The number of ether oxygens (including phenoxy) is 3. The molecule has 34 heavy (non-hydrogen) atoms. The molecule has 1 aromatic carbocycles. The van der Waals surface area contributed by atoms with Gasteiger partial charge in [0.2, 0.25) is 0 Å². The predicted molar refractivity (Wildman–Crippen MR) is 127 cm³/mol. The summed E-state index contributed by atoms with van der Waals surface area (Å²) in [5.41, 5.74) is 1.64. The minimum absolute atomic E-state index is 0.0916. The van der Waals surface area contributed by atoms with E-state index in [1.807, 2.05) is 0 Å². The summed E-state index contributed by atoms with van der Waals surface area (Å²) in [4.78, 5) is 49.0. The Labute approximate surface area is 199 Å². The number of esters is 2. The van der Waals surface area contributed by atoms with Crippen molar-refractivity contribution in [3.8, 4) is 5.75 Å². The van der Waals surface area contributed by atoms with E-state index in [4.69, 9.17) is 18.6 Å². The second kappa shape index (κ2) is 11.0. The monoisotopic (exact) mass is 487 g/mol. The summed E-state index contributed by atoms with van der Waals surface area (Å²) < 4.78 is 20.5. The van der Waals surface area contributed by atoms with Crippen LogP contribution in [0, 0.1) is 13.8 Å². The highest BCUT2D eigenvalue weighted by molar-refractivity contribution is 7.18. The van der Waals surface area contributed by atoms with E-state index >= 15 is 0 Å². The third-order valence-electron chi connectivity index (χ3n) is 5.08. The van der Waals surface area contributed by atoms with Crippen molar-refractivity contribution in [2.45, 2.75) is 33.6 Å². The Morgan fingerprint density at radius 2 is 1.88 bits per heavy atom. The fraction of sp³-hybridized carbons (Fsp3) is 0.333. The van der Waals surface area contributed by atoms with E-state index in [9.17, 15) is 19.2 Å². The Hall–Kier alpha value is -3.66. The van der Waals surface area contributed by atoms with E-state index < -0.39 is 30.1 Å².